The van der Waals surface area contributed by atoms with Crippen molar-refractivity contribution in [1.29, 1.82) is 0 Å². The molecule has 0 saturated carbocycles. The molecule has 3 nitrogen and oxygen atoms in total. The van der Waals surface area contributed by atoms with Crippen molar-refractivity contribution < 1.29 is 4.79 Å². The zero-order valence-electron chi connectivity index (χ0n) is 9.86. The van der Waals surface area contributed by atoms with E-state index in [1.54, 1.807) is 0 Å². The number of fused-ring (bicyclic) bond motifs is 1. The number of benzene rings is 1. The predicted molar refractivity (Wildman–Crippen MR) is 64.2 cm³/mol. The van der Waals surface area contributed by atoms with E-state index >= 15 is 0 Å². The van der Waals surface area contributed by atoms with Crippen molar-refractivity contribution in [2.45, 2.75) is 19.4 Å². The first-order chi connectivity index (χ1) is 7.77. The molecule has 0 bridgehead atoms. The summed E-state index contributed by atoms with van der Waals surface area (Å²) < 4.78 is 0. The van der Waals surface area contributed by atoms with E-state index in [9.17, 15) is 4.79 Å². The molecule has 1 amide bonds. The lowest BCUT2D eigenvalue weighted by Crippen LogP contribution is -2.38. The smallest absolute Gasteiger partial charge is 0.244 e. The monoisotopic (exact) mass is 218 g/mol. The van der Waals surface area contributed by atoms with Crippen molar-refractivity contribution in [1.82, 2.24) is 10.2 Å². The molecule has 1 aliphatic heterocycles. The summed E-state index contributed by atoms with van der Waals surface area (Å²) >= 11 is 0. The van der Waals surface area contributed by atoms with Crippen LogP contribution in [0.2, 0.25) is 0 Å². The maximum absolute atomic E-state index is 12.2. The standard InChI is InChI=1S/C13H18N2O/c1-3-15-9-8-10-6-4-5-7-11(10)12(14-2)13(15)16/h4-7,12,14H,3,8-9H2,1-2H3. The number of nitrogens with zero attached hydrogens (tertiary/aromatic N) is 1. The molecule has 0 saturated heterocycles. The van der Waals surface area contributed by atoms with Crippen LogP contribution in [0.4, 0.5) is 0 Å². The van der Waals surface area contributed by atoms with E-state index in [0.717, 1.165) is 25.1 Å². The van der Waals surface area contributed by atoms with Gasteiger partial charge >= 0.3 is 0 Å². The lowest BCUT2D eigenvalue weighted by molar-refractivity contribution is -0.132. The third kappa shape index (κ3) is 1.83. The summed E-state index contributed by atoms with van der Waals surface area (Å²) in [7, 11) is 1.85. The molecule has 1 unspecified atom stereocenters. The van der Waals surface area contributed by atoms with Gasteiger partial charge in [-0.15, -0.1) is 0 Å². The Balaban J connectivity index is 2.41. The van der Waals surface area contributed by atoms with Crippen LogP contribution in [0.5, 0.6) is 0 Å². The summed E-state index contributed by atoms with van der Waals surface area (Å²) in [6.07, 6.45) is 0.952. The van der Waals surface area contributed by atoms with Gasteiger partial charge in [0.05, 0.1) is 0 Å². The van der Waals surface area contributed by atoms with Crippen LogP contribution in [-0.4, -0.2) is 30.9 Å². The van der Waals surface area contributed by atoms with Crippen molar-refractivity contribution in [2.75, 3.05) is 20.1 Å². The molecule has 3 heteroatoms. The van der Waals surface area contributed by atoms with Gasteiger partial charge in [0.25, 0.3) is 0 Å². The highest BCUT2D eigenvalue weighted by Gasteiger charge is 2.28. The van der Waals surface area contributed by atoms with Gasteiger partial charge in [-0.1, -0.05) is 24.3 Å². The minimum Gasteiger partial charge on any atom is -0.341 e. The molecular formula is C13H18N2O. The van der Waals surface area contributed by atoms with Gasteiger partial charge in [-0.05, 0) is 31.5 Å². The molecule has 1 atom stereocenters. The van der Waals surface area contributed by atoms with E-state index in [4.69, 9.17) is 0 Å². The van der Waals surface area contributed by atoms with Crippen LogP contribution in [0.1, 0.15) is 24.1 Å². The van der Waals surface area contributed by atoms with Crippen molar-refractivity contribution in [2.24, 2.45) is 0 Å². The Kier molecular flexibility index (Phi) is 3.25. The van der Waals surface area contributed by atoms with Crippen LogP contribution in [0, 0.1) is 0 Å². The number of hydrogen-bond donors (Lipinski definition) is 1. The highest BCUT2D eigenvalue weighted by Crippen LogP contribution is 2.24. The first-order valence-corrected chi connectivity index (χ1v) is 5.81. The number of nitrogens with one attached hydrogen (secondary N) is 1. The number of amides is 1. The molecule has 16 heavy (non-hydrogen) atoms. The van der Waals surface area contributed by atoms with Gasteiger partial charge in [-0.3, -0.25) is 4.79 Å². The van der Waals surface area contributed by atoms with Crippen LogP contribution < -0.4 is 5.32 Å². The van der Waals surface area contributed by atoms with E-state index < -0.39 is 0 Å². The first-order valence-electron chi connectivity index (χ1n) is 5.81. The predicted octanol–water partition coefficient (Wildman–Crippen LogP) is 1.35. The number of carbonyl (C=O) groups excluding carboxylic acids is 1. The molecule has 1 heterocycles. The van der Waals surface area contributed by atoms with Crippen LogP contribution in [0.15, 0.2) is 24.3 Å². The van der Waals surface area contributed by atoms with Crippen molar-refractivity contribution >= 4 is 5.91 Å². The molecule has 0 aromatic heterocycles. The van der Waals surface area contributed by atoms with E-state index in [0.29, 0.717) is 0 Å². The molecule has 0 fully saturated rings. The van der Waals surface area contributed by atoms with Crippen LogP contribution in [0.3, 0.4) is 0 Å². The lowest BCUT2D eigenvalue weighted by Gasteiger charge is -2.22. The SMILES string of the molecule is CCN1CCc2ccccc2C(NC)C1=O. The Morgan fingerprint density at radius 3 is 2.88 bits per heavy atom. The minimum atomic E-state index is -0.182. The average Bonchev–Trinajstić information content (AvgIpc) is 2.45. The Bertz CT molecular complexity index is 389. The van der Waals surface area contributed by atoms with Gasteiger partial charge in [0.2, 0.25) is 5.91 Å². The third-order valence-corrected chi connectivity index (χ3v) is 3.25. The fraction of sp³-hybridized carbons (Fsp3) is 0.462. The summed E-state index contributed by atoms with van der Waals surface area (Å²) in [6.45, 7) is 3.64. The highest BCUT2D eigenvalue weighted by atomic mass is 16.2. The Morgan fingerprint density at radius 2 is 2.19 bits per heavy atom. The average molecular weight is 218 g/mol. The number of hydrogen-bond acceptors (Lipinski definition) is 2. The van der Waals surface area contributed by atoms with Crippen molar-refractivity contribution in [3.63, 3.8) is 0 Å². The lowest BCUT2D eigenvalue weighted by atomic mass is 9.99. The van der Waals surface area contributed by atoms with Gasteiger partial charge in [-0.25, -0.2) is 0 Å². The highest BCUT2D eigenvalue weighted by molar-refractivity contribution is 5.84. The molecule has 1 aliphatic rings. The van der Waals surface area contributed by atoms with Crippen molar-refractivity contribution in [3.05, 3.63) is 35.4 Å². The van der Waals surface area contributed by atoms with Gasteiger partial charge in [0.15, 0.2) is 0 Å². The maximum Gasteiger partial charge on any atom is 0.244 e. The molecule has 86 valence electrons. The zero-order chi connectivity index (χ0) is 11.5. The molecule has 0 radical (unpaired) electrons. The fourth-order valence-electron chi connectivity index (χ4n) is 2.32. The second-order valence-corrected chi connectivity index (χ2v) is 4.09. The van der Waals surface area contributed by atoms with Gasteiger partial charge < -0.3 is 10.2 Å². The number of likely N-dealkylation sites (N-methyl/N-ethyl adjacent to an activating group) is 2. The van der Waals surface area contributed by atoms with Crippen molar-refractivity contribution in [3.8, 4) is 0 Å². The summed E-state index contributed by atoms with van der Waals surface area (Å²) in [6, 6.07) is 8.02. The molecule has 0 aliphatic carbocycles. The molecule has 1 aromatic rings. The van der Waals surface area contributed by atoms with Crippen LogP contribution in [0.25, 0.3) is 0 Å². The largest absolute Gasteiger partial charge is 0.341 e. The molecule has 1 aromatic carbocycles. The second kappa shape index (κ2) is 4.66. The van der Waals surface area contributed by atoms with Gasteiger partial charge in [0, 0.05) is 13.1 Å². The van der Waals surface area contributed by atoms with Gasteiger partial charge in [-0.2, -0.15) is 0 Å². The van der Waals surface area contributed by atoms with E-state index in [1.807, 2.05) is 37.1 Å². The third-order valence-electron chi connectivity index (χ3n) is 3.25. The number of rotatable bonds is 2. The molecule has 2 rings (SSSR count). The topological polar surface area (TPSA) is 32.3 Å². The van der Waals surface area contributed by atoms with E-state index in [1.165, 1.54) is 5.56 Å². The summed E-state index contributed by atoms with van der Waals surface area (Å²) in [5.41, 5.74) is 2.41. The van der Waals surface area contributed by atoms with Gasteiger partial charge in [0.1, 0.15) is 6.04 Å². The summed E-state index contributed by atoms with van der Waals surface area (Å²) in [5, 5.41) is 3.12. The Morgan fingerprint density at radius 1 is 1.44 bits per heavy atom. The summed E-state index contributed by atoms with van der Waals surface area (Å²) in [4.78, 5) is 14.2. The number of carbonyl (C=O) groups is 1. The summed E-state index contributed by atoms with van der Waals surface area (Å²) in [5.74, 6) is 0.190. The van der Waals surface area contributed by atoms with E-state index in [2.05, 4.69) is 11.4 Å². The Hall–Kier alpha value is -1.35. The van der Waals surface area contributed by atoms with Crippen LogP contribution >= 0.6 is 0 Å². The maximum atomic E-state index is 12.2. The fourth-order valence-corrected chi connectivity index (χ4v) is 2.32. The minimum absolute atomic E-state index is 0.182. The zero-order valence-corrected chi connectivity index (χ0v) is 9.86. The Labute approximate surface area is 96.5 Å². The molecule has 0 spiro atoms. The normalized spacial score (nSPS) is 20.5. The molecular weight excluding hydrogens is 200 g/mol. The van der Waals surface area contributed by atoms with Crippen LogP contribution in [-0.2, 0) is 11.2 Å². The quantitative estimate of drug-likeness (QED) is 0.812. The van der Waals surface area contributed by atoms with E-state index in [-0.39, 0.29) is 11.9 Å². The molecule has 1 N–H and O–H groups in total. The second-order valence-electron chi connectivity index (χ2n) is 4.09. The first kappa shape index (κ1) is 11.1.